The SMILES string of the molecule is CC(=O)Nc1ccc(Nc2cccc(B(O)O)c2)cc1. The van der Waals surface area contributed by atoms with Crippen LogP contribution >= 0.6 is 0 Å². The second kappa shape index (κ2) is 6.23. The Morgan fingerprint density at radius 2 is 1.65 bits per heavy atom. The van der Waals surface area contributed by atoms with Gasteiger partial charge < -0.3 is 20.7 Å². The number of benzene rings is 2. The molecule has 102 valence electrons. The average Bonchev–Trinajstić information content (AvgIpc) is 2.41. The molecule has 0 fully saturated rings. The van der Waals surface area contributed by atoms with Crippen LogP contribution < -0.4 is 16.1 Å². The van der Waals surface area contributed by atoms with Crippen molar-refractivity contribution in [1.29, 1.82) is 0 Å². The summed E-state index contributed by atoms with van der Waals surface area (Å²) in [6.45, 7) is 1.46. The van der Waals surface area contributed by atoms with Crippen molar-refractivity contribution >= 4 is 35.6 Å². The number of nitrogens with one attached hydrogen (secondary N) is 2. The van der Waals surface area contributed by atoms with Gasteiger partial charge in [-0.15, -0.1) is 0 Å². The molecule has 0 aliphatic heterocycles. The van der Waals surface area contributed by atoms with Crippen LogP contribution in [0.5, 0.6) is 0 Å². The predicted octanol–water partition coefficient (Wildman–Crippen LogP) is 1.07. The third-order valence-electron chi connectivity index (χ3n) is 2.68. The lowest BCUT2D eigenvalue weighted by atomic mass is 9.80. The van der Waals surface area contributed by atoms with E-state index in [2.05, 4.69) is 10.6 Å². The Kier molecular flexibility index (Phi) is 4.39. The van der Waals surface area contributed by atoms with Crippen molar-refractivity contribution in [2.45, 2.75) is 6.92 Å². The molecule has 0 bridgehead atoms. The highest BCUT2D eigenvalue weighted by atomic mass is 16.4. The quantitative estimate of drug-likeness (QED) is 0.626. The van der Waals surface area contributed by atoms with Crippen LogP contribution in [0.1, 0.15) is 6.92 Å². The van der Waals surface area contributed by atoms with Gasteiger partial charge in [0.2, 0.25) is 5.91 Å². The largest absolute Gasteiger partial charge is 0.488 e. The van der Waals surface area contributed by atoms with Crippen molar-refractivity contribution in [3.05, 3.63) is 48.5 Å². The summed E-state index contributed by atoms with van der Waals surface area (Å²) in [6, 6.07) is 14.1. The first-order valence-electron chi connectivity index (χ1n) is 6.15. The monoisotopic (exact) mass is 270 g/mol. The highest BCUT2D eigenvalue weighted by Gasteiger charge is 2.10. The lowest BCUT2D eigenvalue weighted by Gasteiger charge is -2.09. The standard InChI is InChI=1S/C14H15BN2O3/c1-10(18)16-12-5-7-13(8-6-12)17-14-4-2-3-11(9-14)15(19)20/h2-9,17,19-20H,1H3,(H,16,18). The maximum absolute atomic E-state index is 10.9. The number of carbonyl (C=O) groups is 1. The topological polar surface area (TPSA) is 81.6 Å². The van der Waals surface area contributed by atoms with Crippen LogP contribution in [0.2, 0.25) is 0 Å². The molecule has 5 nitrogen and oxygen atoms in total. The minimum absolute atomic E-state index is 0.115. The van der Waals surface area contributed by atoms with Crippen LogP contribution in [0.3, 0.4) is 0 Å². The molecular formula is C14H15BN2O3. The minimum Gasteiger partial charge on any atom is -0.423 e. The van der Waals surface area contributed by atoms with Gasteiger partial charge in [0.25, 0.3) is 0 Å². The van der Waals surface area contributed by atoms with Gasteiger partial charge in [-0.25, -0.2) is 0 Å². The molecule has 6 heteroatoms. The molecule has 0 spiro atoms. The zero-order valence-corrected chi connectivity index (χ0v) is 11.0. The summed E-state index contributed by atoms with van der Waals surface area (Å²) in [5, 5.41) is 24.1. The fourth-order valence-electron chi connectivity index (χ4n) is 1.78. The van der Waals surface area contributed by atoms with Gasteiger partial charge in [0.1, 0.15) is 0 Å². The molecule has 0 aliphatic rings. The molecule has 0 heterocycles. The molecular weight excluding hydrogens is 255 g/mol. The van der Waals surface area contributed by atoms with Crippen molar-refractivity contribution in [1.82, 2.24) is 0 Å². The number of carbonyl (C=O) groups excluding carboxylic acids is 1. The van der Waals surface area contributed by atoms with Gasteiger partial charge in [0.15, 0.2) is 0 Å². The van der Waals surface area contributed by atoms with E-state index < -0.39 is 7.12 Å². The minimum atomic E-state index is -1.49. The van der Waals surface area contributed by atoms with E-state index in [0.717, 1.165) is 17.1 Å². The molecule has 2 rings (SSSR count). The third-order valence-corrected chi connectivity index (χ3v) is 2.68. The van der Waals surface area contributed by atoms with Gasteiger partial charge in [-0.05, 0) is 41.9 Å². The summed E-state index contributed by atoms with van der Waals surface area (Å²) in [5.41, 5.74) is 2.74. The highest BCUT2D eigenvalue weighted by molar-refractivity contribution is 6.58. The fraction of sp³-hybridized carbons (Fsp3) is 0.0714. The molecule has 0 unspecified atom stereocenters. The lowest BCUT2D eigenvalue weighted by molar-refractivity contribution is -0.114. The number of anilines is 3. The Balaban J connectivity index is 2.10. The van der Waals surface area contributed by atoms with Crippen molar-refractivity contribution < 1.29 is 14.8 Å². The van der Waals surface area contributed by atoms with Gasteiger partial charge in [0.05, 0.1) is 0 Å². The molecule has 0 aromatic heterocycles. The average molecular weight is 270 g/mol. The smallest absolute Gasteiger partial charge is 0.423 e. The molecule has 0 aliphatic carbocycles. The van der Waals surface area contributed by atoms with Crippen molar-refractivity contribution in [3.8, 4) is 0 Å². The molecule has 0 radical (unpaired) electrons. The second-order valence-electron chi connectivity index (χ2n) is 4.38. The van der Waals surface area contributed by atoms with Crippen LogP contribution in [-0.2, 0) is 4.79 Å². The Morgan fingerprint density at radius 3 is 2.25 bits per heavy atom. The van der Waals surface area contributed by atoms with Crippen molar-refractivity contribution in [2.75, 3.05) is 10.6 Å². The Bertz CT molecular complexity index is 600. The van der Waals surface area contributed by atoms with E-state index >= 15 is 0 Å². The molecule has 0 atom stereocenters. The maximum atomic E-state index is 10.9. The summed E-state index contributed by atoms with van der Waals surface area (Å²) < 4.78 is 0. The molecule has 2 aromatic rings. The van der Waals surface area contributed by atoms with E-state index in [1.807, 2.05) is 18.2 Å². The Hall–Kier alpha value is -2.31. The predicted molar refractivity (Wildman–Crippen MR) is 80.3 cm³/mol. The summed E-state index contributed by atoms with van der Waals surface area (Å²) in [5.74, 6) is -0.115. The van der Waals surface area contributed by atoms with Gasteiger partial charge in [0, 0.05) is 24.0 Å². The summed E-state index contributed by atoms with van der Waals surface area (Å²) >= 11 is 0. The maximum Gasteiger partial charge on any atom is 0.488 e. The molecule has 0 saturated heterocycles. The van der Waals surface area contributed by atoms with Gasteiger partial charge >= 0.3 is 7.12 Å². The molecule has 1 amide bonds. The molecule has 0 saturated carbocycles. The van der Waals surface area contributed by atoms with E-state index in [1.54, 1.807) is 30.3 Å². The number of rotatable bonds is 4. The van der Waals surface area contributed by atoms with Gasteiger partial charge in [-0.2, -0.15) is 0 Å². The normalized spacial score (nSPS) is 9.95. The first-order valence-corrected chi connectivity index (χ1v) is 6.15. The van der Waals surface area contributed by atoms with E-state index in [4.69, 9.17) is 10.0 Å². The number of hydrogen-bond acceptors (Lipinski definition) is 4. The molecule has 2 aromatic carbocycles. The Morgan fingerprint density at radius 1 is 1.00 bits per heavy atom. The van der Waals surface area contributed by atoms with Crippen LogP contribution in [0.15, 0.2) is 48.5 Å². The molecule has 20 heavy (non-hydrogen) atoms. The van der Waals surface area contributed by atoms with Crippen LogP contribution in [0.25, 0.3) is 0 Å². The zero-order valence-electron chi connectivity index (χ0n) is 11.0. The van der Waals surface area contributed by atoms with Gasteiger partial charge in [-0.1, -0.05) is 12.1 Å². The van der Waals surface area contributed by atoms with E-state index in [9.17, 15) is 4.79 Å². The molecule has 4 N–H and O–H groups in total. The first-order chi connectivity index (χ1) is 9.54. The summed E-state index contributed by atoms with van der Waals surface area (Å²) in [7, 11) is -1.49. The third kappa shape index (κ3) is 3.84. The van der Waals surface area contributed by atoms with E-state index in [1.165, 1.54) is 6.92 Å². The van der Waals surface area contributed by atoms with Crippen LogP contribution in [-0.4, -0.2) is 23.1 Å². The van der Waals surface area contributed by atoms with Gasteiger partial charge in [-0.3, -0.25) is 4.79 Å². The second-order valence-corrected chi connectivity index (χ2v) is 4.38. The van der Waals surface area contributed by atoms with Crippen molar-refractivity contribution in [2.24, 2.45) is 0 Å². The van der Waals surface area contributed by atoms with E-state index in [0.29, 0.717) is 5.46 Å². The number of amides is 1. The highest BCUT2D eigenvalue weighted by Crippen LogP contribution is 2.18. The zero-order chi connectivity index (χ0) is 14.5. The van der Waals surface area contributed by atoms with E-state index in [-0.39, 0.29) is 5.91 Å². The van der Waals surface area contributed by atoms with Crippen LogP contribution in [0, 0.1) is 0 Å². The number of hydrogen-bond donors (Lipinski definition) is 4. The summed E-state index contributed by atoms with van der Waals surface area (Å²) in [6.07, 6.45) is 0. The fourth-order valence-corrected chi connectivity index (χ4v) is 1.78. The van der Waals surface area contributed by atoms with Crippen molar-refractivity contribution in [3.63, 3.8) is 0 Å². The first kappa shape index (κ1) is 14.1. The Labute approximate surface area is 117 Å². The lowest BCUT2D eigenvalue weighted by Crippen LogP contribution is -2.29. The summed E-state index contributed by atoms with van der Waals surface area (Å²) in [4.78, 5) is 10.9. The van der Waals surface area contributed by atoms with Crippen LogP contribution in [0.4, 0.5) is 17.1 Å².